The maximum absolute atomic E-state index is 12.1. The van der Waals surface area contributed by atoms with Crippen molar-refractivity contribution >= 4 is 11.8 Å². The van der Waals surface area contributed by atoms with Gasteiger partial charge in [0.05, 0.1) is 12.1 Å². The number of ether oxygens (including phenoxy) is 1. The van der Waals surface area contributed by atoms with Crippen molar-refractivity contribution in [3.63, 3.8) is 0 Å². The maximum Gasteiger partial charge on any atom is 0.245 e. The van der Waals surface area contributed by atoms with Crippen LogP contribution in [0.3, 0.4) is 0 Å². The van der Waals surface area contributed by atoms with Crippen LogP contribution in [0.25, 0.3) is 0 Å². The Morgan fingerprint density at radius 2 is 2.12 bits per heavy atom. The number of hydrogen-bond donors (Lipinski definition) is 1. The highest BCUT2D eigenvalue weighted by molar-refractivity contribution is 5.96. The molecule has 0 saturated carbocycles. The van der Waals surface area contributed by atoms with Gasteiger partial charge in [-0.1, -0.05) is 0 Å². The summed E-state index contributed by atoms with van der Waals surface area (Å²) in [4.78, 5) is 25.5. The minimum Gasteiger partial charge on any atom is -0.376 e. The Morgan fingerprint density at radius 1 is 1.41 bits per heavy atom. The number of nitrogens with one attached hydrogen (secondary N) is 1. The number of nitrogens with zero attached hydrogens (tertiary/aromatic N) is 1. The number of hydrogen-bond acceptors (Lipinski definition) is 3. The van der Waals surface area contributed by atoms with Gasteiger partial charge in [-0.25, -0.2) is 0 Å². The average Bonchev–Trinajstić information content (AvgIpc) is 2.80. The lowest BCUT2D eigenvalue weighted by Crippen LogP contribution is -2.65. The Balaban J connectivity index is 2.15. The fourth-order valence-electron chi connectivity index (χ4n) is 2.65. The molecule has 2 aliphatic heterocycles. The van der Waals surface area contributed by atoms with Gasteiger partial charge in [0.1, 0.15) is 12.1 Å². The molecule has 0 radical (unpaired) electrons. The Hall–Kier alpha value is -1.10. The van der Waals surface area contributed by atoms with E-state index >= 15 is 0 Å². The summed E-state index contributed by atoms with van der Waals surface area (Å²) in [5.41, 5.74) is 0. The molecule has 0 spiro atoms. The molecule has 2 amide bonds. The SMILES string of the molecule is CC1NC(=O)C(C)N(C(C)C2CCCO2)C1=O. The standard InChI is InChI=1S/C12H20N2O3/c1-7-12(16)14(9(3)11(15)13-7)8(2)10-5-4-6-17-10/h7-10H,4-6H2,1-3H3,(H,13,15). The first kappa shape index (κ1) is 12.4. The Morgan fingerprint density at radius 3 is 2.71 bits per heavy atom. The summed E-state index contributed by atoms with van der Waals surface area (Å²) in [5.74, 6) is -0.0953. The first-order valence-electron chi connectivity index (χ1n) is 6.26. The monoisotopic (exact) mass is 240 g/mol. The van der Waals surface area contributed by atoms with Gasteiger partial charge in [-0.05, 0) is 33.6 Å². The fourth-order valence-corrected chi connectivity index (χ4v) is 2.65. The largest absolute Gasteiger partial charge is 0.376 e. The van der Waals surface area contributed by atoms with Crippen molar-refractivity contribution in [3.8, 4) is 0 Å². The molecule has 2 rings (SSSR count). The average molecular weight is 240 g/mol. The third-order valence-corrected chi connectivity index (χ3v) is 3.72. The molecule has 0 bridgehead atoms. The fraction of sp³-hybridized carbons (Fsp3) is 0.833. The highest BCUT2D eigenvalue weighted by Gasteiger charge is 2.41. The first-order valence-corrected chi connectivity index (χ1v) is 6.26. The van der Waals surface area contributed by atoms with E-state index in [4.69, 9.17) is 4.74 Å². The zero-order valence-electron chi connectivity index (χ0n) is 10.6. The van der Waals surface area contributed by atoms with E-state index in [0.717, 1.165) is 19.4 Å². The van der Waals surface area contributed by atoms with Crippen LogP contribution in [0.5, 0.6) is 0 Å². The van der Waals surface area contributed by atoms with Crippen molar-refractivity contribution in [2.75, 3.05) is 6.61 Å². The third-order valence-electron chi connectivity index (χ3n) is 3.72. The molecule has 2 saturated heterocycles. The molecule has 2 aliphatic rings. The highest BCUT2D eigenvalue weighted by Crippen LogP contribution is 2.23. The van der Waals surface area contributed by atoms with Gasteiger partial charge in [0.15, 0.2) is 0 Å². The molecule has 0 aromatic rings. The molecule has 0 aliphatic carbocycles. The summed E-state index contributed by atoms with van der Waals surface area (Å²) in [7, 11) is 0. The van der Waals surface area contributed by atoms with Crippen molar-refractivity contribution in [1.29, 1.82) is 0 Å². The summed E-state index contributed by atoms with van der Waals surface area (Å²) in [5, 5.41) is 2.68. The minimum absolute atomic E-state index is 0.0138. The van der Waals surface area contributed by atoms with Crippen LogP contribution in [0.4, 0.5) is 0 Å². The van der Waals surface area contributed by atoms with E-state index < -0.39 is 12.1 Å². The van der Waals surface area contributed by atoms with E-state index in [0.29, 0.717) is 0 Å². The molecule has 4 unspecified atom stereocenters. The smallest absolute Gasteiger partial charge is 0.245 e. The lowest BCUT2D eigenvalue weighted by Gasteiger charge is -2.41. The predicted octanol–water partition coefficient (Wildman–Crippen LogP) is 0.289. The highest BCUT2D eigenvalue weighted by atomic mass is 16.5. The van der Waals surface area contributed by atoms with Gasteiger partial charge in [0, 0.05) is 6.61 Å². The summed E-state index contributed by atoms with van der Waals surface area (Å²) in [6.45, 7) is 6.22. The van der Waals surface area contributed by atoms with Crippen LogP contribution < -0.4 is 5.32 Å². The minimum atomic E-state index is -0.428. The second-order valence-electron chi connectivity index (χ2n) is 4.94. The molecule has 0 aromatic heterocycles. The van der Waals surface area contributed by atoms with Gasteiger partial charge in [-0.2, -0.15) is 0 Å². The van der Waals surface area contributed by atoms with Gasteiger partial charge in [0.25, 0.3) is 0 Å². The Kier molecular flexibility index (Phi) is 3.38. The summed E-state index contributed by atoms with van der Waals surface area (Å²) in [6, 6.07) is -0.867. The van der Waals surface area contributed by atoms with Gasteiger partial charge in [0.2, 0.25) is 11.8 Å². The van der Waals surface area contributed by atoms with Crippen LogP contribution in [0.15, 0.2) is 0 Å². The van der Waals surface area contributed by atoms with Crippen molar-refractivity contribution in [2.45, 2.75) is 57.8 Å². The van der Waals surface area contributed by atoms with Crippen LogP contribution in [0.2, 0.25) is 0 Å². The first-order chi connectivity index (χ1) is 8.02. The van der Waals surface area contributed by atoms with Crippen LogP contribution >= 0.6 is 0 Å². The van der Waals surface area contributed by atoms with Crippen LogP contribution in [0, 0.1) is 0 Å². The van der Waals surface area contributed by atoms with E-state index in [-0.39, 0.29) is 24.0 Å². The molecule has 2 heterocycles. The summed E-state index contributed by atoms with van der Waals surface area (Å²) >= 11 is 0. The lowest BCUT2D eigenvalue weighted by molar-refractivity contribution is -0.153. The zero-order valence-corrected chi connectivity index (χ0v) is 10.6. The summed E-state index contributed by atoms with van der Waals surface area (Å²) < 4.78 is 5.61. The Bertz CT molecular complexity index is 326. The van der Waals surface area contributed by atoms with E-state index in [1.807, 2.05) is 6.92 Å². The van der Waals surface area contributed by atoms with Crippen molar-refractivity contribution < 1.29 is 14.3 Å². The second kappa shape index (κ2) is 4.64. The zero-order chi connectivity index (χ0) is 12.6. The lowest BCUT2D eigenvalue weighted by atomic mass is 10.0. The molecule has 5 heteroatoms. The van der Waals surface area contributed by atoms with Gasteiger partial charge < -0.3 is 15.0 Å². The van der Waals surface area contributed by atoms with Crippen LogP contribution in [0.1, 0.15) is 33.6 Å². The number of piperazine rings is 1. The topological polar surface area (TPSA) is 58.6 Å². The molecule has 4 atom stereocenters. The van der Waals surface area contributed by atoms with E-state index in [1.165, 1.54) is 0 Å². The molecular formula is C12H20N2O3. The van der Waals surface area contributed by atoms with Crippen LogP contribution in [-0.4, -0.2) is 47.6 Å². The van der Waals surface area contributed by atoms with Crippen molar-refractivity contribution in [1.82, 2.24) is 10.2 Å². The van der Waals surface area contributed by atoms with Crippen molar-refractivity contribution in [2.24, 2.45) is 0 Å². The normalized spacial score (nSPS) is 35.9. The molecule has 17 heavy (non-hydrogen) atoms. The molecule has 2 fully saturated rings. The van der Waals surface area contributed by atoms with Gasteiger partial charge >= 0.3 is 0 Å². The van der Waals surface area contributed by atoms with Crippen molar-refractivity contribution in [3.05, 3.63) is 0 Å². The summed E-state index contributed by atoms with van der Waals surface area (Å²) in [6.07, 6.45) is 2.07. The molecular weight excluding hydrogens is 220 g/mol. The predicted molar refractivity (Wildman–Crippen MR) is 62.3 cm³/mol. The Labute approximate surface area is 101 Å². The molecule has 5 nitrogen and oxygen atoms in total. The number of carbonyl (C=O) groups is 2. The number of carbonyl (C=O) groups excluding carboxylic acids is 2. The van der Waals surface area contributed by atoms with E-state index in [9.17, 15) is 9.59 Å². The third kappa shape index (κ3) is 2.16. The van der Waals surface area contributed by atoms with E-state index in [2.05, 4.69) is 5.32 Å². The molecule has 1 N–H and O–H groups in total. The molecule has 96 valence electrons. The van der Waals surface area contributed by atoms with Gasteiger partial charge in [-0.15, -0.1) is 0 Å². The second-order valence-corrected chi connectivity index (χ2v) is 4.94. The maximum atomic E-state index is 12.1. The molecule has 0 aromatic carbocycles. The van der Waals surface area contributed by atoms with E-state index in [1.54, 1.807) is 18.7 Å². The quantitative estimate of drug-likeness (QED) is 0.754. The number of amides is 2. The number of rotatable bonds is 2. The van der Waals surface area contributed by atoms with Crippen LogP contribution in [-0.2, 0) is 14.3 Å². The van der Waals surface area contributed by atoms with Gasteiger partial charge in [-0.3, -0.25) is 9.59 Å².